The van der Waals surface area contributed by atoms with E-state index in [4.69, 9.17) is 9.84 Å². The van der Waals surface area contributed by atoms with Crippen molar-refractivity contribution in [3.8, 4) is 11.4 Å². The minimum atomic E-state index is -0.631. The normalized spacial score (nSPS) is 14.7. The summed E-state index contributed by atoms with van der Waals surface area (Å²) in [5.74, 6) is -0.258. The van der Waals surface area contributed by atoms with Crippen molar-refractivity contribution in [3.63, 3.8) is 0 Å². The van der Waals surface area contributed by atoms with Gasteiger partial charge in [-0.25, -0.2) is 13.5 Å². The van der Waals surface area contributed by atoms with E-state index in [2.05, 4.69) is 21.6 Å². The maximum atomic E-state index is 14.0. The largest absolute Gasteiger partial charge is 0.505 e. The van der Waals surface area contributed by atoms with Crippen molar-refractivity contribution < 1.29 is 18.6 Å². The molecule has 194 valence electrons. The fourth-order valence-electron chi connectivity index (χ4n) is 4.68. The predicted molar refractivity (Wildman–Crippen MR) is 137 cm³/mol. The van der Waals surface area contributed by atoms with Gasteiger partial charge in [-0.1, -0.05) is 19.1 Å². The molecule has 1 fully saturated rings. The zero-order chi connectivity index (χ0) is 25.7. The molecule has 0 amide bonds. The lowest BCUT2D eigenvalue weighted by Gasteiger charge is -2.36. The van der Waals surface area contributed by atoms with E-state index in [1.54, 1.807) is 31.4 Å². The summed E-state index contributed by atoms with van der Waals surface area (Å²) in [6.07, 6.45) is 0. The molecular weight excluding hydrogens is 464 g/mol. The Labute approximate surface area is 211 Å². The van der Waals surface area contributed by atoms with E-state index in [1.807, 2.05) is 11.6 Å². The number of aromatic hydroxyl groups is 1. The van der Waals surface area contributed by atoms with E-state index in [0.29, 0.717) is 31.8 Å². The molecule has 9 heteroatoms. The van der Waals surface area contributed by atoms with Gasteiger partial charge in [-0.15, -0.1) is 0 Å². The number of hydrogen-bond acceptors (Lipinski definition) is 6. The summed E-state index contributed by atoms with van der Waals surface area (Å²) in [4.78, 5) is 6.89. The number of aryl methyl sites for hydroxylation is 1. The Bertz CT molecular complexity index is 1140. The van der Waals surface area contributed by atoms with Crippen LogP contribution in [0.4, 0.5) is 14.6 Å². The summed E-state index contributed by atoms with van der Waals surface area (Å²) >= 11 is 0. The molecule has 1 N–H and O–H groups in total. The molecule has 1 aliphatic heterocycles. The van der Waals surface area contributed by atoms with E-state index >= 15 is 0 Å². The minimum absolute atomic E-state index is 0.290. The van der Waals surface area contributed by atoms with Crippen molar-refractivity contribution >= 4 is 5.82 Å². The standard InChI is InChI=1S/C27H35F2N5O2/c1-4-31-12-14-33(15-13-31)27-24(20(2)30-34(27)23-10-8-22(28)9-11-23)19-32(16-17-36-3)18-21-6-5-7-25(29)26(21)35/h5-11,35H,4,12-19H2,1-3H3. The van der Waals surface area contributed by atoms with E-state index in [0.717, 1.165) is 55.5 Å². The number of hydrogen-bond donors (Lipinski definition) is 1. The lowest BCUT2D eigenvalue weighted by atomic mass is 10.1. The van der Waals surface area contributed by atoms with Gasteiger partial charge in [0.05, 0.1) is 18.0 Å². The Hall–Kier alpha value is -3.01. The average Bonchev–Trinajstić information content (AvgIpc) is 3.21. The molecule has 0 atom stereocenters. The predicted octanol–water partition coefficient (Wildman–Crippen LogP) is 3.96. The molecule has 0 aliphatic carbocycles. The molecule has 7 nitrogen and oxygen atoms in total. The first-order valence-corrected chi connectivity index (χ1v) is 12.4. The molecule has 1 saturated heterocycles. The molecule has 1 aromatic heterocycles. The monoisotopic (exact) mass is 499 g/mol. The molecule has 2 heterocycles. The number of methoxy groups -OCH3 is 1. The summed E-state index contributed by atoms with van der Waals surface area (Å²) in [5.41, 5.74) is 3.24. The van der Waals surface area contributed by atoms with Gasteiger partial charge in [0.25, 0.3) is 0 Å². The fraction of sp³-hybridized carbons (Fsp3) is 0.444. The summed E-state index contributed by atoms with van der Waals surface area (Å²) < 4.78 is 34.9. The number of phenolic OH excluding ortho intramolecular Hbond substituents is 1. The molecule has 3 aromatic rings. The Kier molecular flexibility index (Phi) is 8.56. The van der Waals surface area contributed by atoms with Gasteiger partial charge in [0.1, 0.15) is 11.6 Å². The number of halogens is 2. The van der Waals surface area contributed by atoms with Crippen molar-refractivity contribution in [2.45, 2.75) is 26.9 Å². The Balaban J connectivity index is 1.71. The Morgan fingerprint density at radius 2 is 1.75 bits per heavy atom. The van der Waals surface area contributed by atoms with Crippen LogP contribution >= 0.6 is 0 Å². The third kappa shape index (κ3) is 5.86. The van der Waals surface area contributed by atoms with Gasteiger partial charge in [-0.2, -0.15) is 5.10 Å². The zero-order valence-electron chi connectivity index (χ0n) is 21.3. The number of benzene rings is 2. The van der Waals surface area contributed by atoms with E-state index in [1.165, 1.54) is 18.2 Å². The Morgan fingerprint density at radius 1 is 1.03 bits per heavy atom. The van der Waals surface area contributed by atoms with Gasteiger partial charge < -0.3 is 19.6 Å². The molecule has 0 saturated carbocycles. The second-order valence-corrected chi connectivity index (χ2v) is 9.15. The van der Waals surface area contributed by atoms with Gasteiger partial charge in [0, 0.05) is 64.0 Å². The quantitative estimate of drug-likeness (QED) is 0.456. The highest BCUT2D eigenvalue weighted by Crippen LogP contribution is 2.31. The molecule has 36 heavy (non-hydrogen) atoms. The second kappa shape index (κ2) is 11.8. The molecule has 0 bridgehead atoms. The maximum Gasteiger partial charge on any atom is 0.165 e. The van der Waals surface area contributed by atoms with Gasteiger partial charge in [0.2, 0.25) is 0 Å². The van der Waals surface area contributed by atoms with Crippen LogP contribution in [0.25, 0.3) is 5.69 Å². The summed E-state index contributed by atoms with van der Waals surface area (Å²) in [7, 11) is 1.65. The van der Waals surface area contributed by atoms with Crippen molar-refractivity contribution in [1.29, 1.82) is 0 Å². The number of aromatic nitrogens is 2. The number of ether oxygens (including phenoxy) is 1. The minimum Gasteiger partial charge on any atom is -0.505 e. The number of nitrogens with zero attached hydrogens (tertiary/aromatic N) is 5. The molecule has 0 unspecified atom stereocenters. The number of anilines is 1. The van der Waals surface area contributed by atoms with Gasteiger partial charge in [-0.05, 0) is 43.8 Å². The number of rotatable bonds is 10. The molecule has 1 aliphatic rings. The van der Waals surface area contributed by atoms with Crippen molar-refractivity contribution in [1.82, 2.24) is 19.6 Å². The second-order valence-electron chi connectivity index (χ2n) is 9.15. The van der Waals surface area contributed by atoms with Crippen LogP contribution < -0.4 is 4.90 Å². The Morgan fingerprint density at radius 3 is 2.42 bits per heavy atom. The summed E-state index contributed by atoms with van der Waals surface area (Å²) in [5, 5.41) is 15.2. The van der Waals surface area contributed by atoms with Crippen molar-refractivity contribution in [2.75, 3.05) is 57.9 Å². The number of phenols is 1. The van der Waals surface area contributed by atoms with Crippen LogP contribution in [0.2, 0.25) is 0 Å². The van der Waals surface area contributed by atoms with Crippen molar-refractivity contribution in [2.24, 2.45) is 0 Å². The third-order valence-electron chi connectivity index (χ3n) is 6.81. The molecule has 4 rings (SSSR count). The zero-order valence-corrected chi connectivity index (χ0v) is 21.3. The highest BCUT2D eigenvalue weighted by molar-refractivity contribution is 5.56. The highest BCUT2D eigenvalue weighted by atomic mass is 19.1. The highest BCUT2D eigenvalue weighted by Gasteiger charge is 2.26. The van der Waals surface area contributed by atoms with E-state index < -0.39 is 5.82 Å². The molecule has 0 radical (unpaired) electrons. The van der Waals surface area contributed by atoms with Crippen LogP contribution in [0.15, 0.2) is 42.5 Å². The van der Waals surface area contributed by atoms with Crippen LogP contribution in [0, 0.1) is 18.6 Å². The third-order valence-corrected chi connectivity index (χ3v) is 6.81. The van der Waals surface area contributed by atoms with Crippen molar-refractivity contribution in [3.05, 3.63) is 70.9 Å². The van der Waals surface area contributed by atoms with Gasteiger partial charge >= 0.3 is 0 Å². The van der Waals surface area contributed by atoms with E-state index in [9.17, 15) is 13.9 Å². The maximum absolute atomic E-state index is 14.0. The first-order valence-electron chi connectivity index (χ1n) is 12.4. The van der Waals surface area contributed by atoms with Gasteiger partial charge in [0.15, 0.2) is 11.6 Å². The molecule has 0 spiro atoms. The number of piperazine rings is 1. The van der Waals surface area contributed by atoms with Crippen LogP contribution in [0.1, 0.15) is 23.7 Å². The number of likely N-dealkylation sites (N-methyl/N-ethyl adjacent to an activating group) is 1. The summed E-state index contributed by atoms with van der Waals surface area (Å²) in [6, 6.07) is 11.0. The smallest absolute Gasteiger partial charge is 0.165 e. The van der Waals surface area contributed by atoms with Crippen LogP contribution in [0.3, 0.4) is 0 Å². The summed E-state index contributed by atoms with van der Waals surface area (Å²) in [6.45, 7) is 10.8. The lowest BCUT2D eigenvalue weighted by Crippen LogP contribution is -2.47. The number of para-hydroxylation sites is 1. The first-order chi connectivity index (χ1) is 17.4. The van der Waals surface area contributed by atoms with E-state index in [-0.39, 0.29) is 11.6 Å². The fourth-order valence-corrected chi connectivity index (χ4v) is 4.68. The topological polar surface area (TPSA) is 57.0 Å². The van der Waals surface area contributed by atoms with Crippen LogP contribution in [-0.2, 0) is 17.8 Å². The molecule has 2 aromatic carbocycles. The molecular formula is C27H35F2N5O2. The van der Waals surface area contributed by atoms with Crippen LogP contribution in [0.5, 0.6) is 5.75 Å². The first kappa shape index (κ1) is 26.1. The SMILES string of the molecule is CCN1CCN(c2c(CN(CCOC)Cc3cccc(F)c3O)c(C)nn2-c2ccc(F)cc2)CC1. The van der Waals surface area contributed by atoms with Crippen LogP contribution in [-0.4, -0.2) is 77.7 Å². The van der Waals surface area contributed by atoms with Gasteiger partial charge in [-0.3, -0.25) is 4.90 Å². The average molecular weight is 500 g/mol. The lowest BCUT2D eigenvalue weighted by molar-refractivity contribution is 0.139.